The first-order valence-electron chi connectivity index (χ1n) is 6.52. The molecule has 18 heavy (non-hydrogen) atoms. The number of rotatable bonds is 4. The molecule has 3 rings (SSSR count). The minimum absolute atomic E-state index is 0.0155. The number of hydrogen-bond donors (Lipinski definition) is 1. The minimum atomic E-state index is -0.0855. The molecule has 1 atom stereocenters. The van der Waals surface area contributed by atoms with Gasteiger partial charge in [-0.15, -0.1) is 0 Å². The Balaban J connectivity index is 1.81. The predicted octanol–water partition coefficient (Wildman–Crippen LogP) is 3.39. The zero-order valence-electron chi connectivity index (χ0n) is 10.7. The van der Waals surface area contributed by atoms with Crippen LogP contribution in [0.1, 0.15) is 37.5 Å². The lowest BCUT2D eigenvalue weighted by atomic mass is 9.75. The molecule has 1 unspecified atom stereocenters. The SMILES string of the molecule is COC1(CC(N)c2cc3ccccc3o2)CCC1. The van der Waals surface area contributed by atoms with Crippen molar-refractivity contribution < 1.29 is 9.15 Å². The van der Waals surface area contributed by atoms with Crippen LogP contribution >= 0.6 is 0 Å². The summed E-state index contributed by atoms with van der Waals surface area (Å²) in [5, 5.41) is 1.11. The molecule has 1 saturated carbocycles. The predicted molar refractivity (Wildman–Crippen MR) is 71.4 cm³/mol. The maximum absolute atomic E-state index is 6.26. The standard InChI is InChI=1S/C15H19NO2/c1-17-15(7-4-8-15)10-12(16)14-9-11-5-2-3-6-13(11)18-14/h2-3,5-6,9,12H,4,7-8,10,16H2,1H3. The van der Waals surface area contributed by atoms with Gasteiger partial charge >= 0.3 is 0 Å². The molecular formula is C15H19NO2. The molecule has 1 aromatic carbocycles. The molecule has 2 N–H and O–H groups in total. The van der Waals surface area contributed by atoms with Gasteiger partial charge < -0.3 is 14.9 Å². The van der Waals surface area contributed by atoms with Crippen molar-refractivity contribution in [2.45, 2.75) is 37.3 Å². The van der Waals surface area contributed by atoms with Crippen molar-refractivity contribution in [1.29, 1.82) is 0 Å². The van der Waals surface area contributed by atoms with E-state index in [1.165, 1.54) is 6.42 Å². The third kappa shape index (κ3) is 1.93. The highest BCUT2D eigenvalue weighted by Gasteiger charge is 2.39. The van der Waals surface area contributed by atoms with E-state index in [4.69, 9.17) is 14.9 Å². The number of hydrogen-bond acceptors (Lipinski definition) is 3. The Morgan fingerprint density at radius 3 is 2.78 bits per heavy atom. The van der Waals surface area contributed by atoms with Crippen molar-refractivity contribution in [2.24, 2.45) is 5.73 Å². The van der Waals surface area contributed by atoms with E-state index in [-0.39, 0.29) is 11.6 Å². The second kappa shape index (κ2) is 4.41. The van der Waals surface area contributed by atoms with E-state index in [2.05, 4.69) is 0 Å². The lowest BCUT2D eigenvalue weighted by Crippen LogP contribution is -2.41. The van der Waals surface area contributed by atoms with Gasteiger partial charge in [-0.1, -0.05) is 18.2 Å². The van der Waals surface area contributed by atoms with Crippen molar-refractivity contribution in [3.8, 4) is 0 Å². The highest BCUT2D eigenvalue weighted by Crippen LogP contribution is 2.41. The van der Waals surface area contributed by atoms with Crippen LogP contribution in [-0.2, 0) is 4.74 Å². The molecule has 3 heteroatoms. The summed E-state index contributed by atoms with van der Waals surface area (Å²) in [6.07, 6.45) is 4.29. The van der Waals surface area contributed by atoms with Crippen LogP contribution in [0.25, 0.3) is 11.0 Å². The smallest absolute Gasteiger partial charge is 0.134 e. The Hall–Kier alpha value is -1.32. The quantitative estimate of drug-likeness (QED) is 0.898. The molecule has 0 radical (unpaired) electrons. The van der Waals surface area contributed by atoms with Crippen LogP contribution in [0, 0.1) is 0 Å². The number of fused-ring (bicyclic) bond motifs is 1. The zero-order valence-corrected chi connectivity index (χ0v) is 10.7. The van der Waals surface area contributed by atoms with Crippen molar-refractivity contribution >= 4 is 11.0 Å². The number of benzene rings is 1. The molecule has 1 heterocycles. The minimum Gasteiger partial charge on any atom is -0.459 e. The fraction of sp³-hybridized carbons (Fsp3) is 0.467. The highest BCUT2D eigenvalue weighted by molar-refractivity contribution is 5.77. The maximum Gasteiger partial charge on any atom is 0.134 e. The summed E-state index contributed by atoms with van der Waals surface area (Å²) < 4.78 is 11.4. The molecule has 1 aliphatic rings. The van der Waals surface area contributed by atoms with Crippen LogP contribution < -0.4 is 5.73 Å². The monoisotopic (exact) mass is 245 g/mol. The fourth-order valence-corrected chi connectivity index (χ4v) is 2.75. The van der Waals surface area contributed by atoms with Gasteiger partial charge in [-0.2, -0.15) is 0 Å². The Morgan fingerprint density at radius 1 is 1.39 bits per heavy atom. The van der Waals surface area contributed by atoms with Crippen LogP contribution in [-0.4, -0.2) is 12.7 Å². The number of furan rings is 1. The molecule has 0 amide bonds. The third-order valence-electron chi connectivity index (χ3n) is 4.10. The number of nitrogens with two attached hydrogens (primary N) is 1. The Bertz CT molecular complexity index is 504. The lowest BCUT2D eigenvalue weighted by molar-refractivity contribution is -0.0825. The van der Waals surface area contributed by atoms with Crippen LogP contribution in [0.5, 0.6) is 0 Å². The molecule has 1 fully saturated rings. The van der Waals surface area contributed by atoms with E-state index in [1.54, 1.807) is 7.11 Å². The summed E-state index contributed by atoms with van der Waals surface area (Å²) in [6.45, 7) is 0. The summed E-state index contributed by atoms with van der Waals surface area (Å²) in [7, 11) is 1.78. The van der Waals surface area contributed by atoms with Gasteiger partial charge in [0.05, 0.1) is 11.6 Å². The molecule has 0 saturated heterocycles. The molecule has 1 aliphatic carbocycles. The van der Waals surface area contributed by atoms with E-state index in [0.29, 0.717) is 0 Å². The number of methoxy groups -OCH3 is 1. The Labute approximate surface area is 107 Å². The summed E-state index contributed by atoms with van der Waals surface area (Å²) in [4.78, 5) is 0. The molecule has 3 nitrogen and oxygen atoms in total. The summed E-state index contributed by atoms with van der Waals surface area (Å²) >= 11 is 0. The van der Waals surface area contributed by atoms with E-state index in [9.17, 15) is 0 Å². The first-order chi connectivity index (χ1) is 8.72. The fourth-order valence-electron chi connectivity index (χ4n) is 2.75. The normalized spacial score (nSPS) is 19.7. The molecule has 2 aromatic rings. The largest absolute Gasteiger partial charge is 0.459 e. The molecular weight excluding hydrogens is 226 g/mol. The van der Waals surface area contributed by atoms with Gasteiger partial charge in [-0.05, 0) is 37.8 Å². The molecule has 0 aliphatic heterocycles. The average molecular weight is 245 g/mol. The average Bonchev–Trinajstić information content (AvgIpc) is 2.77. The van der Waals surface area contributed by atoms with Gasteiger partial charge in [0.25, 0.3) is 0 Å². The van der Waals surface area contributed by atoms with Crippen molar-refractivity contribution in [2.75, 3.05) is 7.11 Å². The van der Waals surface area contributed by atoms with E-state index in [1.807, 2.05) is 30.3 Å². The number of ether oxygens (including phenoxy) is 1. The van der Waals surface area contributed by atoms with Gasteiger partial charge in [0.15, 0.2) is 0 Å². The van der Waals surface area contributed by atoms with Gasteiger partial charge in [-0.3, -0.25) is 0 Å². The first kappa shape index (κ1) is 11.8. The van der Waals surface area contributed by atoms with Crippen LogP contribution in [0.15, 0.2) is 34.7 Å². The van der Waals surface area contributed by atoms with Crippen LogP contribution in [0.4, 0.5) is 0 Å². The van der Waals surface area contributed by atoms with E-state index >= 15 is 0 Å². The van der Waals surface area contributed by atoms with E-state index < -0.39 is 0 Å². The van der Waals surface area contributed by atoms with Gasteiger partial charge in [0.1, 0.15) is 11.3 Å². The maximum atomic E-state index is 6.26. The Kier molecular flexibility index (Phi) is 2.88. The molecule has 0 bridgehead atoms. The van der Waals surface area contributed by atoms with Crippen LogP contribution in [0.2, 0.25) is 0 Å². The topological polar surface area (TPSA) is 48.4 Å². The van der Waals surface area contributed by atoms with Crippen molar-refractivity contribution in [3.63, 3.8) is 0 Å². The highest BCUT2D eigenvalue weighted by atomic mass is 16.5. The Morgan fingerprint density at radius 2 is 2.17 bits per heavy atom. The summed E-state index contributed by atoms with van der Waals surface area (Å²) in [5.74, 6) is 0.861. The molecule has 96 valence electrons. The van der Waals surface area contributed by atoms with E-state index in [0.717, 1.165) is 36.0 Å². The second-order valence-electron chi connectivity index (χ2n) is 5.24. The summed E-state index contributed by atoms with van der Waals surface area (Å²) in [6, 6.07) is 9.96. The van der Waals surface area contributed by atoms with Gasteiger partial charge in [0, 0.05) is 12.5 Å². The zero-order chi connectivity index (χ0) is 12.6. The molecule has 1 aromatic heterocycles. The second-order valence-corrected chi connectivity index (χ2v) is 5.24. The van der Waals surface area contributed by atoms with Gasteiger partial charge in [0.2, 0.25) is 0 Å². The van der Waals surface area contributed by atoms with Crippen LogP contribution in [0.3, 0.4) is 0 Å². The summed E-state index contributed by atoms with van der Waals surface area (Å²) in [5.41, 5.74) is 7.15. The van der Waals surface area contributed by atoms with Crippen molar-refractivity contribution in [3.05, 3.63) is 36.1 Å². The third-order valence-corrected chi connectivity index (χ3v) is 4.10. The first-order valence-corrected chi connectivity index (χ1v) is 6.52. The van der Waals surface area contributed by atoms with Crippen molar-refractivity contribution in [1.82, 2.24) is 0 Å². The lowest BCUT2D eigenvalue weighted by Gasteiger charge is -2.41. The van der Waals surface area contributed by atoms with Gasteiger partial charge in [-0.25, -0.2) is 0 Å². The number of para-hydroxylation sites is 1. The molecule has 0 spiro atoms.